The zero-order valence-corrected chi connectivity index (χ0v) is 13.2. The smallest absolute Gasteiger partial charge is 0.0577 e. The summed E-state index contributed by atoms with van der Waals surface area (Å²) in [5, 5.41) is 3.67. The Morgan fingerprint density at radius 3 is 2.09 bits per heavy atom. The highest BCUT2D eigenvalue weighted by Gasteiger charge is 2.13. The predicted molar refractivity (Wildman–Crippen MR) is 97.3 cm³/mol. The van der Waals surface area contributed by atoms with E-state index in [0.717, 1.165) is 18.7 Å². The minimum Gasteiger partial charge on any atom is -0.399 e. The maximum atomic E-state index is 5.97. The van der Waals surface area contributed by atoms with Gasteiger partial charge in [-0.15, -0.1) is 0 Å². The van der Waals surface area contributed by atoms with E-state index < -0.39 is 0 Å². The molecule has 0 radical (unpaired) electrons. The molecule has 0 spiro atoms. The summed E-state index contributed by atoms with van der Waals surface area (Å²) in [6, 6.07) is 29.3. The topological polar surface area (TPSA) is 38.0 Å². The third-order valence-corrected chi connectivity index (χ3v) is 3.98. The molecule has 116 valence electrons. The van der Waals surface area contributed by atoms with Gasteiger partial charge in [-0.05, 0) is 35.2 Å². The number of nitrogens with one attached hydrogen (secondary N) is 1. The molecule has 0 amide bonds. The van der Waals surface area contributed by atoms with Crippen LogP contribution in [-0.2, 0) is 6.42 Å². The lowest BCUT2D eigenvalue weighted by molar-refractivity contribution is 0.606. The van der Waals surface area contributed by atoms with Gasteiger partial charge in [0.1, 0.15) is 0 Å². The maximum Gasteiger partial charge on any atom is 0.0577 e. The van der Waals surface area contributed by atoms with E-state index in [1.165, 1.54) is 16.7 Å². The molecule has 0 saturated heterocycles. The summed E-state index contributed by atoms with van der Waals surface area (Å²) in [4.78, 5) is 0. The van der Waals surface area contributed by atoms with Crippen LogP contribution < -0.4 is 11.1 Å². The molecule has 3 aromatic carbocycles. The van der Waals surface area contributed by atoms with Crippen molar-refractivity contribution in [2.24, 2.45) is 0 Å². The fourth-order valence-corrected chi connectivity index (χ4v) is 2.82. The fraction of sp³-hybridized carbons (Fsp3) is 0.143. The van der Waals surface area contributed by atoms with Crippen molar-refractivity contribution < 1.29 is 0 Å². The first-order valence-electron chi connectivity index (χ1n) is 8.00. The number of hydrogen-bond acceptors (Lipinski definition) is 2. The normalized spacial score (nSPS) is 12.0. The standard InChI is InChI=1S/C21H22N2/c22-20-13-7-12-19(16-20)21(18-10-5-2-6-11-18)23-15-14-17-8-3-1-4-9-17/h1-13,16,21,23H,14-15,22H2. The third-order valence-electron chi connectivity index (χ3n) is 3.98. The highest BCUT2D eigenvalue weighted by molar-refractivity contribution is 5.44. The van der Waals surface area contributed by atoms with Gasteiger partial charge in [-0.1, -0.05) is 72.8 Å². The largest absolute Gasteiger partial charge is 0.399 e. The summed E-state index contributed by atoms with van der Waals surface area (Å²) in [5.74, 6) is 0. The summed E-state index contributed by atoms with van der Waals surface area (Å²) >= 11 is 0. The number of nitrogen functional groups attached to an aromatic ring is 1. The van der Waals surface area contributed by atoms with Crippen molar-refractivity contribution in [3.63, 3.8) is 0 Å². The molecule has 2 heteroatoms. The summed E-state index contributed by atoms with van der Waals surface area (Å²) < 4.78 is 0. The molecule has 2 nitrogen and oxygen atoms in total. The Labute approximate surface area is 138 Å². The Bertz CT molecular complexity index is 723. The molecule has 0 aromatic heterocycles. The molecule has 0 aliphatic carbocycles. The number of benzene rings is 3. The molecule has 0 aliphatic heterocycles. The molecule has 1 unspecified atom stereocenters. The van der Waals surface area contributed by atoms with E-state index in [1.54, 1.807) is 0 Å². The van der Waals surface area contributed by atoms with Crippen LogP contribution in [0, 0.1) is 0 Å². The Hall–Kier alpha value is -2.58. The molecule has 3 aromatic rings. The zero-order valence-electron chi connectivity index (χ0n) is 13.2. The van der Waals surface area contributed by atoms with Crippen LogP contribution >= 0.6 is 0 Å². The molecule has 0 aliphatic rings. The Kier molecular flexibility index (Phi) is 5.07. The molecule has 3 N–H and O–H groups in total. The van der Waals surface area contributed by atoms with Gasteiger partial charge in [0, 0.05) is 12.2 Å². The van der Waals surface area contributed by atoms with Gasteiger partial charge in [0.25, 0.3) is 0 Å². The van der Waals surface area contributed by atoms with Gasteiger partial charge in [-0.25, -0.2) is 0 Å². The molecule has 0 heterocycles. The number of hydrogen-bond donors (Lipinski definition) is 2. The quantitative estimate of drug-likeness (QED) is 0.670. The van der Waals surface area contributed by atoms with Gasteiger partial charge < -0.3 is 11.1 Å². The van der Waals surface area contributed by atoms with Crippen LogP contribution in [0.2, 0.25) is 0 Å². The molecular weight excluding hydrogens is 280 g/mol. The Balaban J connectivity index is 1.76. The van der Waals surface area contributed by atoms with Gasteiger partial charge in [-0.3, -0.25) is 0 Å². The van der Waals surface area contributed by atoms with Crippen LogP contribution in [0.4, 0.5) is 5.69 Å². The average Bonchev–Trinajstić information content (AvgIpc) is 2.60. The van der Waals surface area contributed by atoms with Gasteiger partial charge in [0.15, 0.2) is 0 Å². The van der Waals surface area contributed by atoms with E-state index in [1.807, 2.05) is 24.3 Å². The van der Waals surface area contributed by atoms with E-state index in [0.29, 0.717) is 0 Å². The number of nitrogens with two attached hydrogens (primary N) is 1. The first kappa shape index (κ1) is 15.3. The van der Waals surface area contributed by atoms with Gasteiger partial charge in [0.2, 0.25) is 0 Å². The monoisotopic (exact) mass is 302 g/mol. The van der Waals surface area contributed by atoms with Gasteiger partial charge >= 0.3 is 0 Å². The minimum absolute atomic E-state index is 0.156. The van der Waals surface area contributed by atoms with Crippen LogP contribution in [-0.4, -0.2) is 6.54 Å². The third kappa shape index (κ3) is 4.21. The Morgan fingerprint density at radius 1 is 0.739 bits per heavy atom. The summed E-state index contributed by atoms with van der Waals surface area (Å²) in [6.45, 7) is 0.915. The van der Waals surface area contributed by atoms with Crippen molar-refractivity contribution in [1.82, 2.24) is 5.32 Å². The number of anilines is 1. The lowest BCUT2D eigenvalue weighted by Gasteiger charge is -2.20. The van der Waals surface area contributed by atoms with Crippen LogP contribution in [0.1, 0.15) is 22.7 Å². The Morgan fingerprint density at radius 2 is 1.39 bits per heavy atom. The first-order valence-corrected chi connectivity index (χ1v) is 8.00. The SMILES string of the molecule is Nc1cccc(C(NCCc2ccccc2)c2ccccc2)c1. The van der Waals surface area contributed by atoms with Gasteiger partial charge in [0.05, 0.1) is 6.04 Å². The van der Waals surface area contributed by atoms with Gasteiger partial charge in [-0.2, -0.15) is 0 Å². The molecule has 0 bridgehead atoms. The lowest BCUT2D eigenvalue weighted by Crippen LogP contribution is -2.24. The van der Waals surface area contributed by atoms with Crippen LogP contribution in [0.3, 0.4) is 0 Å². The predicted octanol–water partition coefficient (Wildman–Crippen LogP) is 4.19. The second-order valence-corrected chi connectivity index (χ2v) is 5.70. The summed E-state index contributed by atoms with van der Waals surface area (Å²) in [7, 11) is 0. The molecule has 0 fully saturated rings. The van der Waals surface area contributed by atoms with Crippen LogP contribution in [0.25, 0.3) is 0 Å². The second-order valence-electron chi connectivity index (χ2n) is 5.70. The number of rotatable bonds is 6. The molecule has 0 saturated carbocycles. The van der Waals surface area contributed by atoms with E-state index >= 15 is 0 Å². The maximum absolute atomic E-state index is 5.97. The van der Waals surface area contributed by atoms with Crippen molar-refractivity contribution in [1.29, 1.82) is 0 Å². The first-order chi connectivity index (χ1) is 11.3. The van der Waals surface area contributed by atoms with E-state index in [9.17, 15) is 0 Å². The molecule has 23 heavy (non-hydrogen) atoms. The molecule has 1 atom stereocenters. The van der Waals surface area contributed by atoms with Crippen molar-refractivity contribution >= 4 is 5.69 Å². The zero-order chi connectivity index (χ0) is 15.9. The van der Waals surface area contributed by atoms with Crippen molar-refractivity contribution in [2.75, 3.05) is 12.3 Å². The second kappa shape index (κ2) is 7.61. The molecular formula is C21H22N2. The van der Waals surface area contributed by atoms with E-state index in [2.05, 4.69) is 66.0 Å². The summed E-state index contributed by atoms with van der Waals surface area (Å²) in [6.07, 6.45) is 1.01. The van der Waals surface area contributed by atoms with Crippen LogP contribution in [0.15, 0.2) is 84.9 Å². The highest BCUT2D eigenvalue weighted by Crippen LogP contribution is 2.23. The van der Waals surface area contributed by atoms with E-state index in [-0.39, 0.29) is 6.04 Å². The van der Waals surface area contributed by atoms with E-state index in [4.69, 9.17) is 5.73 Å². The van der Waals surface area contributed by atoms with Crippen LogP contribution in [0.5, 0.6) is 0 Å². The van der Waals surface area contributed by atoms with Crippen molar-refractivity contribution in [3.8, 4) is 0 Å². The van der Waals surface area contributed by atoms with Crippen molar-refractivity contribution in [3.05, 3.63) is 102 Å². The van der Waals surface area contributed by atoms with Crippen molar-refractivity contribution in [2.45, 2.75) is 12.5 Å². The summed E-state index contributed by atoms with van der Waals surface area (Å²) in [5.41, 5.74) is 10.6. The fourth-order valence-electron chi connectivity index (χ4n) is 2.82. The molecule has 3 rings (SSSR count). The average molecular weight is 302 g/mol. The highest BCUT2D eigenvalue weighted by atomic mass is 14.9. The lowest BCUT2D eigenvalue weighted by atomic mass is 9.98. The minimum atomic E-state index is 0.156.